The van der Waals surface area contributed by atoms with Crippen LogP contribution in [0.1, 0.15) is 43.7 Å². The minimum absolute atomic E-state index is 0.144. The Morgan fingerprint density at radius 3 is 2.17 bits per heavy atom. The summed E-state index contributed by atoms with van der Waals surface area (Å²) in [7, 11) is 0. The lowest BCUT2D eigenvalue weighted by Gasteiger charge is -2.15. The molecule has 0 spiro atoms. The van der Waals surface area contributed by atoms with E-state index < -0.39 is 11.8 Å². The average molecular weight is 324 g/mol. The lowest BCUT2D eigenvalue weighted by molar-refractivity contribution is -0.136. The number of benzene rings is 2. The van der Waals surface area contributed by atoms with Crippen molar-refractivity contribution in [3.8, 4) is 0 Å². The van der Waals surface area contributed by atoms with Gasteiger partial charge in [0.2, 0.25) is 0 Å². The number of rotatable bonds is 5. The average Bonchev–Trinajstić information content (AvgIpc) is 2.60. The zero-order valence-corrected chi connectivity index (χ0v) is 14.4. The molecule has 2 rings (SSSR count). The summed E-state index contributed by atoms with van der Waals surface area (Å²) >= 11 is 0. The Hall–Kier alpha value is -2.62. The van der Waals surface area contributed by atoms with E-state index in [1.165, 1.54) is 0 Å². The van der Waals surface area contributed by atoms with Crippen LogP contribution in [0.25, 0.3) is 0 Å². The Labute approximate surface area is 143 Å². The highest BCUT2D eigenvalue weighted by Gasteiger charge is 2.17. The van der Waals surface area contributed by atoms with Crippen LogP contribution >= 0.6 is 0 Å². The van der Waals surface area contributed by atoms with Crippen molar-refractivity contribution in [2.24, 2.45) is 0 Å². The number of hydrogen-bond donors (Lipinski definition) is 2. The van der Waals surface area contributed by atoms with E-state index in [1.54, 1.807) is 0 Å². The Morgan fingerprint density at radius 1 is 0.875 bits per heavy atom. The van der Waals surface area contributed by atoms with E-state index >= 15 is 0 Å². The molecule has 0 unspecified atom stereocenters. The number of para-hydroxylation sites is 1. The summed E-state index contributed by atoms with van der Waals surface area (Å²) in [6.45, 7) is 6.53. The van der Waals surface area contributed by atoms with Crippen LogP contribution in [-0.4, -0.2) is 18.4 Å². The molecular weight excluding hydrogens is 300 g/mol. The lowest BCUT2D eigenvalue weighted by atomic mass is 10.0. The van der Waals surface area contributed by atoms with E-state index in [0.29, 0.717) is 12.2 Å². The van der Waals surface area contributed by atoms with Crippen molar-refractivity contribution in [1.82, 2.24) is 5.32 Å². The van der Waals surface area contributed by atoms with Gasteiger partial charge in [-0.2, -0.15) is 0 Å². The van der Waals surface area contributed by atoms with Crippen molar-refractivity contribution in [2.75, 3.05) is 11.9 Å². The molecule has 0 aliphatic heterocycles. The van der Waals surface area contributed by atoms with Crippen molar-refractivity contribution >= 4 is 17.5 Å². The number of anilines is 1. The molecule has 0 aliphatic rings. The van der Waals surface area contributed by atoms with Gasteiger partial charge in [0.25, 0.3) is 0 Å². The van der Waals surface area contributed by atoms with Crippen LogP contribution in [-0.2, 0) is 9.59 Å². The molecule has 0 saturated carbocycles. The van der Waals surface area contributed by atoms with Crippen LogP contribution in [0.5, 0.6) is 0 Å². The van der Waals surface area contributed by atoms with Gasteiger partial charge in [0, 0.05) is 12.2 Å². The van der Waals surface area contributed by atoms with E-state index in [1.807, 2.05) is 75.4 Å². The first kappa shape index (κ1) is 17.7. The van der Waals surface area contributed by atoms with Crippen LogP contribution in [0.3, 0.4) is 0 Å². The van der Waals surface area contributed by atoms with Gasteiger partial charge < -0.3 is 10.6 Å². The smallest absolute Gasteiger partial charge is 0.313 e. The molecule has 0 aliphatic carbocycles. The first-order valence-electron chi connectivity index (χ1n) is 8.22. The van der Waals surface area contributed by atoms with Crippen molar-refractivity contribution < 1.29 is 9.59 Å². The highest BCUT2D eigenvalue weighted by molar-refractivity contribution is 6.39. The largest absolute Gasteiger partial charge is 0.347 e. The van der Waals surface area contributed by atoms with Crippen molar-refractivity contribution in [3.05, 3.63) is 65.7 Å². The summed E-state index contributed by atoms with van der Waals surface area (Å²) in [6.07, 6.45) is 0. The number of carbonyl (C=O) groups excluding carboxylic acids is 2. The standard InChI is InChI=1S/C20H24N2O2/c1-14(2)17-11-7-8-12-18(17)22-20(24)19(23)21-13-15(3)16-9-5-4-6-10-16/h4-12,14-15H,13H2,1-3H3,(H,21,23)(H,22,24)/t15-/m0/s1. The molecule has 126 valence electrons. The summed E-state index contributed by atoms with van der Waals surface area (Å²) in [5.41, 5.74) is 2.82. The molecule has 0 bridgehead atoms. The Kier molecular flexibility index (Phi) is 6.13. The molecule has 2 aromatic rings. The fourth-order valence-electron chi connectivity index (χ4n) is 2.52. The number of nitrogens with one attached hydrogen (secondary N) is 2. The Morgan fingerprint density at radius 2 is 1.50 bits per heavy atom. The van der Waals surface area contributed by atoms with Gasteiger partial charge in [0.05, 0.1) is 0 Å². The monoisotopic (exact) mass is 324 g/mol. The minimum atomic E-state index is -0.636. The lowest BCUT2D eigenvalue weighted by Crippen LogP contribution is -2.37. The van der Waals surface area contributed by atoms with E-state index in [0.717, 1.165) is 11.1 Å². The molecule has 0 fully saturated rings. The predicted molar refractivity (Wildman–Crippen MR) is 97.0 cm³/mol. The van der Waals surface area contributed by atoms with Crippen LogP contribution in [0.4, 0.5) is 5.69 Å². The zero-order chi connectivity index (χ0) is 17.5. The zero-order valence-electron chi connectivity index (χ0n) is 14.4. The molecular formula is C20H24N2O2. The SMILES string of the molecule is CC(C)c1ccccc1NC(=O)C(=O)NC[C@H](C)c1ccccc1. The maximum atomic E-state index is 12.1. The minimum Gasteiger partial charge on any atom is -0.347 e. The summed E-state index contributed by atoms with van der Waals surface area (Å²) in [4.78, 5) is 24.2. The molecule has 2 amide bonds. The molecule has 24 heavy (non-hydrogen) atoms. The predicted octanol–water partition coefficient (Wildman–Crippen LogP) is 3.67. The maximum absolute atomic E-state index is 12.1. The molecule has 4 heteroatoms. The topological polar surface area (TPSA) is 58.2 Å². The molecule has 0 heterocycles. The second kappa shape index (κ2) is 8.29. The van der Waals surface area contributed by atoms with Gasteiger partial charge in [-0.05, 0) is 29.0 Å². The summed E-state index contributed by atoms with van der Waals surface area (Å²) in [5, 5.41) is 5.40. The van der Waals surface area contributed by atoms with E-state index in [2.05, 4.69) is 10.6 Å². The molecule has 1 atom stereocenters. The van der Waals surface area contributed by atoms with Crippen molar-refractivity contribution in [2.45, 2.75) is 32.6 Å². The molecule has 0 saturated heterocycles. The summed E-state index contributed by atoms with van der Waals surface area (Å²) in [5.74, 6) is -0.840. The molecule has 2 aromatic carbocycles. The van der Waals surface area contributed by atoms with Gasteiger partial charge in [-0.1, -0.05) is 69.3 Å². The van der Waals surface area contributed by atoms with E-state index in [4.69, 9.17) is 0 Å². The van der Waals surface area contributed by atoms with Crippen LogP contribution in [0.15, 0.2) is 54.6 Å². The van der Waals surface area contributed by atoms with Crippen molar-refractivity contribution in [3.63, 3.8) is 0 Å². The molecule has 4 nitrogen and oxygen atoms in total. The first-order valence-corrected chi connectivity index (χ1v) is 8.22. The maximum Gasteiger partial charge on any atom is 0.313 e. The van der Waals surface area contributed by atoms with Gasteiger partial charge in [-0.15, -0.1) is 0 Å². The van der Waals surface area contributed by atoms with Crippen molar-refractivity contribution in [1.29, 1.82) is 0 Å². The fraction of sp³-hybridized carbons (Fsp3) is 0.300. The molecule has 0 radical (unpaired) electrons. The number of carbonyl (C=O) groups is 2. The van der Waals surface area contributed by atoms with Gasteiger partial charge >= 0.3 is 11.8 Å². The normalized spacial score (nSPS) is 11.8. The number of hydrogen-bond acceptors (Lipinski definition) is 2. The van der Waals surface area contributed by atoms with Crippen LogP contribution in [0.2, 0.25) is 0 Å². The van der Waals surface area contributed by atoms with E-state index in [-0.39, 0.29) is 11.8 Å². The first-order chi connectivity index (χ1) is 11.5. The van der Waals surface area contributed by atoms with Crippen LogP contribution in [0, 0.1) is 0 Å². The second-order valence-electron chi connectivity index (χ2n) is 6.22. The van der Waals surface area contributed by atoms with Gasteiger partial charge in [0.1, 0.15) is 0 Å². The second-order valence-corrected chi connectivity index (χ2v) is 6.22. The Bertz CT molecular complexity index is 696. The highest BCUT2D eigenvalue weighted by atomic mass is 16.2. The fourth-order valence-corrected chi connectivity index (χ4v) is 2.52. The van der Waals surface area contributed by atoms with E-state index in [9.17, 15) is 9.59 Å². The third-order valence-corrected chi connectivity index (χ3v) is 3.97. The van der Waals surface area contributed by atoms with Gasteiger partial charge in [-0.3, -0.25) is 9.59 Å². The molecule has 2 N–H and O–H groups in total. The number of amides is 2. The van der Waals surface area contributed by atoms with Gasteiger partial charge in [-0.25, -0.2) is 0 Å². The quantitative estimate of drug-likeness (QED) is 0.825. The Balaban J connectivity index is 1.92. The highest BCUT2D eigenvalue weighted by Crippen LogP contribution is 2.23. The summed E-state index contributed by atoms with van der Waals surface area (Å²) < 4.78 is 0. The summed E-state index contributed by atoms with van der Waals surface area (Å²) in [6, 6.07) is 17.4. The van der Waals surface area contributed by atoms with Gasteiger partial charge in [0.15, 0.2) is 0 Å². The molecule has 0 aromatic heterocycles. The van der Waals surface area contributed by atoms with Crippen LogP contribution < -0.4 is 10.6 Å². The third-order valence-electron chi connectivity index (χ3n) is 3.97. The third kappa shape index (κ3) is 4.69.